The van der Waals surface area contributed by atoms with E-state index in [-0.39, 0.29) is 0 Å². The smallest absolute Gasteiger partial charge is 0.128 e. The van der Waals surface area contributed by atoms with Crippen LogP contribution in [-0.4, -0.2) is 24.8 Å². The van der Waals surface area contributed by atoms with Crippen LogP contribution in [-0.2, 0) is 7.05 Å². The van der Waals surface area contributed by atoms with E-state index in [1.54, 1.807) is 7.11 Å². The molecule has 0 unspecified atom stereocenters. The number of piperidine rings is 1. The van der Waals surface area contributed by atoms with Crippen molar-refractivity contribution in [2.24, 2.45) is 7.05 Å². The first-order valence-electron chi connectivity index (χ1n) is 6.63. The summed E-state index contributed by atoms with van der Waals surface area (Å²) in [6.07, 6.45) is 4.54. The van der Waals surface area contributed by atoms with Gasteiger partial charge in [-0.25, -0.2) is 0 Å². The molecule has 0 bridgehead atoms. The van der Waals surface area contributed by atoms with Crippen LogP contribution in [0.3, 0.4) is 0 Å². The third-order valence-corrected chi connectivity index (χ3v) is 4.02. The van der Waals surface area contributed by atoms with Gasteiger partial charge in [0.25, 0.3) is 0 Å². The largest absolute Gasteiger partial charge is 0.496 e. The number of benzene rings is 1. The summed E-state index contributed by atoms with van der Waals surface area (Å²) < 4.78 is 7.71. The van der Waals surface area contributed by atoms with Crippen LogP contribution in [0.25, 0.3) is 10.9 Å². The molecule has 0 atom stereocenters. The van der Waals surface area contributed by atoms with Crippen LogP contribution in [0.1, 0.15) is 24.3 Å². The number of ether oxygens (including phenoxy) is 1. The molecule has 1 aromatic heterocycles. The summed E-state index contributed by atoms with van der Waals surface area (Å²) >= 11 is 0. The summed E-state index contributed by atoms with van der Waals surface area (Å²) in [5.74, 6) is 1.67. The summed E-state index contributed by atoms with van der Waals surface area (Å²) in [6.45, 7) is 2.25. The molecule has 1 fully saturated rings. The second-order valence-electron chi connectivity index (χ2n) is 5.11. The topological polar surface area (TPSA) is 26.2 Å². The Morgan fingerprint density at radius 3 is 2.78 bits per heavy atom. The fraction of sp³-hybridized carbons (Fsp3) is 0.467. The number of hydrogen-bond acceptors (Lipinski definition) is 2. The van der Waals surface area contributed by atoms with Crippen molar-refractivity contribution < 1.29 is 4.74 Å². The van der Waals surface area contributed by atoms with Crippen molar-refractivity contribution in [3.05, 3.63) is 30.0 Å². The highest BCUT2D eigenvalue weighted by molar-refractivity contribution is 5.87. The lowest BCUT2D eigenvalue weighted by atomic mass is 9.89. The second kappa shape index (κ2) is 4.65. The normalized spacial score (nSPS) is 17.2. The van der Waals surface area contributed by atoms with Crippen LogP contribution < -0.4 is 10.1 Å². The molecular weight excluding hydrogens is 224 g/mol. The van der Waals surface area contributed by atoms with Gasteiger partial charge in [0.15, 0.2) is 0 Å². The highest BCUT2D eigenvalue weighted by Gasteiger charge is 2.17. The highest BCUT2D eigenvalue weighted by Crippen LogP contribution is 2.34. The Morgan fingerprint density at radius 1 is 1.28 bits per heavy atom. The molecule has 3 rings (SSSR count). The van der Waals surface area contributed by atoms with E-state index in [1.807, 2.05) is 0 Å². The molecule has 2 aromatic rings. The van der Waals surface area contributed by atoms with Crippen molar-refractivity contribution in [1.82, 2.24) is 9.88 Å². The minimum atomic E-state index is 0.666. The van der Waals surface area contributed by atoms with Gasteiger partial charge in [-0.3, -0.25) is 0 Å². The van der Waals surface area contributed by atoms with Crippen LogP contribution in [0.4, 0.5) is 0 Å². The predicted octanol–water partition coefficient (Wildman–Crippen LogP) is 2.65. The third kappa shape index (κ3) is 1.89. The van der Waals surface area contributed by atoms with Gasteiger partial charge in [0, 0.05) is 18.6 Å². The van der Waals surface area contributed by atoms with Gasteiger partial charge >= 0.3 is 0 Å². The van der Waals surface area contributed by atoms with E-state index in [1.165, 1.54) is 29.3 Å². The Balaban J connectivity index is 2.08. The zero-order valence-electron chi connectivity index (χ0n) is 11.1. The zero-order chi connectivity index (χ0) is 12.5. The first-order chi connectivity index (χ1) is 8.79. The van der Waals surface area contributed by atoms with Gasteiger partial charge in [-0.15, -0.1) is 0 Å². The molecule has 0 radical (unpaired) electrons. The van der Waals surface area contributed by atoms with Gasteiger partial charge in [-0.1, -0.05) is 0 Å². The molecule has 0 spiro atoms. The maximum Gasteiger partial charge on any atom is 0.128 e. The molecule has 18 heavy (non-hydrogen) atoms. The molecule has 1 N–H and O–H groups in total. The fourth-order valence-corrected chi connectivity index (χ4v) is 2.92. The number of nitrogens with one attached hydrogen (secondary N) is 1. The lowest BCUT2D eigenvalue weighted by molar-refractivity contribution is 0.416. The first kappa shape index (κ1) is 11.6. The van der Waals surface area contributed by atoms with Crippen molar-refractivity contribution in [1.29, 1.82) is 0 Å². The maximum atomic E-state index is 5.54. The number of nitrogens with zero attached hydrogens (tertiary/aromatic N) is 1. The molecule has 2 heterocycles. The molecule has 3 nitrogen and oxygen atoms in total. The molecule has 0 aliphatic carbocycles. The summed E-state index contributed by atoms with van der Waals surface area (Å²) in [6, 6.07) is 6.67. The monoisotopic (exact) mass is 244 g/mol. The van der Waals surface area contributed by atoms with Crippen molar-refractivity contribution in [3.8, 4) is 5.75 Å². The van der Waals surface area contributed by atoms with Gasteiger partial charge in [-0.05, 0) is 55.6 Å². The quantitative estimate of drug-likeness (QED) is 0.879. The SMILES string of the molecule is COc1cc(C2CCNCC2)cc2c1ccn2C. The zero-order valence-corrected chi connectivity index (χ0v) is 11.1. The number of rotatable bonds is 2. The maximum absolute atomic E-state index is 5.54. The van der Waals surface area contributed by atoms with Crippen LogP contribution >= 0.6 is 0 Å². The van der Waals surface area contributed by atoms with E-state index in [0.717, 1.165) is 18.8 Å². The van der Waals surface area contributed by atoms with E-state index in [9.17, 15) is 0 Å². The van der Waals surface area contributed by atoms with E-state index in [0.29, 0.717) is 5.92 Å². The predicted molar refractivity (Wildman–Crippen MR) is 74.3 cm³/mol. The average Bonchev–Trinajstić information content (AvgIpc) is 2.81. The first-order valence-corrected chi connectivity index (χ1v) is 6.63. The second-order valence-corrected chi connectivity index (χ2v) is 5.11. The molecule has 0 saturated carbocycles. The molecule has 96 valence electrons. The lowest BCUT2D eigenvalue weighted by Gasteiger charge is -2.23. The van der Waals surface area contributed by atoms with Gasteiger partial charge in [0.1, 0.15) is 5.75 Å². The summed E-state index contributed by atoms with van der Waals surface area (Å²) in [5.41, 5.74) is 2.69. The van der Waals surface area contributed by atoms with Crippen LogP contribution in [0.5, 0.6) is 5.75 Å². The molecule has 1 aliphatic heterocycles. The average molecular weight is 244 g/mol. The number of hydrogen-bond donors (Lipinski definition) is 1. The Morgan fingerprint density at radius 2 is 2.06 bits per heavy atom. The fourth-order valence-electron chi connectivity index (χ4n) is 2.92. The molecule has 3 heteroatoms. The Kier molecular flexibility index (Phi) is 3.00. The molecule has 1 aromatic carbocycles. The van der Waals surface area contributed by atoms with E-state index in [2.05, 4.69) is 41.3 Å². The van der Waals surface area contributed by atoms with Crippen molar-refractivity contribution >= 4 is 10.9 Å². The lowest BCUT2D eigenvalue weighted by Crippen LogP contribution is -2.26. The summed E-state index contributed by atoms with van der Waals surface area (Å²) in [5, 5.41) is 4.63. The summed E-state index contributed by atoms with van der Waals surface area (Å²) in [7, 11) is 3.85. The van der Waals surface area contributed by atoms with Gasteiger partial charge in [-0.2, -0.15) is 0 Å². The Bertz CT molecular complexity index is 553. The Labute approximate surface area is 108 Å². The van der Waals surface area contributed by atoms with Gasteiger partial charge in [0.05, 0.1) is 12.6 Å². The molecular formula is C15H20N2O. The third-order valence-electron chi connectivity index (χ3n) is 4.02. The number of aromatic nitrogens is 1. The number of aryl methyl sites for hydroxylation is 1. The van der Waals surface area contributed by atoms with Gasteiger partial charge < -0.3 is 14.6 Å². The standard InChI is InChI=1S/C15H20N2O/c1-17-8-5-13-14(17)9-12(10-15(13)18-2)11-3-6-16-7-4-11/h5,8-11,16H,3-4,6-7H2,1-2H3. The van der Waals surface area contributed by atoms with Crippen LogP contribution in [0.2, 0.25) is 0 Å². The van der Waals surface area contributed by atoms with Crippen molar-refractivity contribution in [3.63, 3.8) is 0 Å². The molecule has 1 saturated heterocycles. The summed E-state index contributed by atoms with van der Waals surface area (Å²) in [4.78, 5) is 0. The number of fused-ring (bicyclic) bond motifs is 1. The molecule has 0 amide bonds. The van der Waals surface area contributed by atoms with Crippen LogP contribution in [0.15, 0.2) is 24.4 Å². The highest BCUT2D eigenvalue weighted by atomic mass is 16.5. The number of methoxy groups -OCH3 is 1. The minimum Gasteiger partial charge on any atom is -0.496 e. The van der Waals surface area contributed by atoms with Gasteiger partial charge in [0.2, 0.25) is 0 Å². The van der Waals surface area contributed by atoms with E-state index >= 15 is 0 Å². The van der Waals surface area contributed by atoms with Crippen LogP contribution in [0, 0.1) is 0 Å². The van der Waals surface area contributed by atoms with E-state index in [4.69, 9.17) is 4.74 Å². The van der Waals surface area contributed by atoms with Crippen molar-refractivity contribution in [2.45, 2.75) is 18.8 Å². The molecule has 1 aliphatic rings. The Hall–Kier alpha value is -1.48. The minimum absolute atomic E-state index is 0.666. The van der Waals surface area contributed by atoms with E-state index < -0.39 is 0 Å². The van der Waals surface area contributed by atoms with Crippen molar-refractivity contribution in [2.75, 3.05) is 20.2 Å².